The van der Waals surface area contributed by atoms with Gasteiger partial charge in [0.05, 0.1) is 0 Å². The smallest absolute Gasteiger partial charge is 0.224 e. The summed E-state index contributed by atoms with van der Waals surface area (Å²) in [5, 5.41) is 6.25. The van der Waals surface area contributed by atoms with Crippen molar-refractivity contribution in [1.29, 1.82) is 0 Å². The lowest BCUT2D eigenvalue weighted by Crippen LogP contribution is -2.37. The lowest BCUT2D eigenvalue weighted by atomic mass is 10.0. The minimum Gasteiger partial charge on any atom is -0.352 e. The van der Waals surface area contributed by atoms with Crippen molar-refractivity contribution in [1.82, 2.24) is 10.6 Å². The number of carbonyl (C=O) groups is 1. The molecule has 2 N–H and O–H groups in total. The third-order valence-corrected chi connectivity index (χ3v) is 4.31. The van der Waals surface area contributed by atoms with E-state index in [1.54, 1.807) is 0 Å². The van der Waals surface area contributed by atoms with Gasteiger partial charge in [0, 0.05) is 24.4 Å². The van der Waals surface area contributed by atoms with Gasteiger partial charge in [0.2, 0.25) is 5.91 Å². The number of hydrogen-bond acceptors (Lipinski definition) is 2. The summed E-state index contributed by atoms with van der Waals surface area (Å²) in [5.41, 5.74) is 2.93. The molecule has 1 amide bonds. The van der Waals surface area contributed by atoms with Crippen LogP contribution in [-0.4, -0.2) is 25.5 Å². The van der Waals surface area contributed by atoms with Gasteiger partial charge in [0.1, 0.15) is 0 Å². The van der Waals surface area contributed by atoms with E-state index in [0.29, 0.717) is 17.9 Å². The molecule has 0 aliphatic heterocycles. The third kappa shape index (κ3) is 1.83. The Balaban J connectivity index is 1.62. The molecular weight excluding hydrogens is 224 g/mol. The van der Waals surface area contributed by atoms with E-state index >= 15 is 0 Å². The first-order valence-electron chi connectivity index (χ1n) is 6.75. The molecule has 18 heavy (non-hydrogen) atoms. The molecule has 1 fully saturated rings. The molecule has 0 heterocycles. The van der Waals surface area contributed by atoms with Crippen LogP contribution in [0.5, 0.6) is 0 Å². The first-order valence-corrected chi connectivity index (χ1v) is 6.75. The van der Waals surface area contributed by atoms with Gasteiger partial charge in [-0.2, -0.15) is 0 Å². The van der Waals surface area contributed by atoms with Crippen molar-refractivity contribution in [2.24, 2.45) is 11.8 Å². The molecule has 4 unspecified atom stereocenters. The fourth-order valence-electron chi connectivity index (χ4n) is 3.25. The van der Waals surface area contributed by atoms with Gasteiger partial charge in [-0.1, -0.05) is 31.2 Å². The predicted molar refractivity (Wildman–Crippen MR) is 71.4 cm³/mol. The Morgan fingerprint density at radius 2 is 2.22 bits per heavy atom. The summed E-state index contributed by atoms with van der Waals surface area (Å²) in [6, 6.07) is 9.01. The Morgan fingerprint density at radius 1 is 1.44 bits per heavy atom. The first kappa shape index (κ1) is 11.7. The average Bonchev–Trinajstić information content (AvgIpc) is 2.88. The van der Waals surface area contributed by atoms with Crippen LogP contribution in [-0.2, 0) is 11.2 Å². The van der Waals surface area contributed by atoms with Crippen molar-refractivity contribution in [3.8, 4) is 0 Å². The number of hydrogen-bond donors (Lipinski definition) is 2. The van der Waals surface area contributed by atoms with Crippen molar-refractivity contribution >= 4 is 5.91 Å². The van der Waals surface area contributed by atoms with Crippen LogP contribution in [0.4, 0.5) is 0 Å². The highest BCUT2D eigenvalue weighted by Gasteiger charge is 2.56. The zero-order chi connectivity index (χ0) is 12.7. The Bertz CT molecular complexity index is 471. The number of benzene rings is 1. The van der Waals surface area contributed by atoms with Crippen LogP contribution < -0.4 is 10.6 Å². The second kappa shape index (κ2) is 4.39. The average molecular weight is 244 g/mol. The van der Waals surface area contributed by atoms with Crippen molar-refractivity contribution in [2.45, 2.75) is 25.3 Å². The molecule has 3 nitrogen and oxygen atoms in total. The SMILES string of the molecule is CNCC(C)C(=O)NC1C2Cc3ccccc3C21. The standard InChI is InChI=1S/C15H20N2O/c1-9(8-16-2)15(18)17-14-12-7-10-5-3-4-6-11(10)13(12)14/h3-6,9,12-14,16H,7-8H2,1-2H3,(H,17,18). The van der Waals surface area contributed by atoms with E-state index in [1.165, 1.54) is 11.1 Å². The summed E-state index contributed by atoms with van der Waals surface area (Å²) in [4.78, 5) is 12.0. The fourth-order valence-corrected chi connectivity index (χ4v) is 3.25. The fraction of sp³-hybridized carbons (Fsp3) is 0.533. The van der Waals surface area contributed by atoms with E-state index in [1.807, 2.05) is 14.0 Å². The highest BCUT2D eigenvalue weighted by Crippen LogP contribution is 2.56. The number of carbonyl (C=O) groups excluding carboxylic acids is 1. The quantitative estimate of drug-likeness (QED) is 0.838. The highest BCUT2D eigenvalue weighted by atomic mass is 16.2. The molecule has 0 bridgehead atoms. The van der Waals surface area contributed by atoms with E-state index in [-0.39, 0.29) is 11.8 Å². The van der Waals surface area contributed by atoms with E-state index in [2.05, 4.69) is 34.9 Å². The van der Waals surface area contributed by atoms with Gasteiger partial charge in [0.15, 0.2) is 0 Å². The molecule has 1 saturated carbocycles. The molecule has 96 valence electrons. The largest absolute Gasteiger partial charge is 0.352 e. The summed E-state index contributed by atoms with van der Waals surface area (Å²) in [7, 11) is 1.88. The predicted octanol–water partition coefficient (Wildman–Crippen LogP) is 1.30. The molecule has 2 aliphatic carbocycles. The topological polar surface area (TPSA) is 41.1 Å². The van der Waals surface area contributed by atoms with Crippen LogP contribution in [0, 0.1) is 11.8 Å². The monoisotopic (exact) mass is 244 g/mol. The second-order valence-electron chi connectivity index (χ2n) is 5.59. The molecule has 4 atom stereocenters. The van der Waals surface area contributed by atoms with Crippen molar-refractivity contribution < 1.29 is 4.79 Å². The van der Waals surface area contributed by atoms with Crippen LogP contribution in [0.25, 0.3) is 0 Å². The minimum absolute atomic E-state index is 0.0478. The van der Waals surface area contributed by atoms with Crippen LogP contribution in [0.15, 0.2) is 24.3 Å². The van der Waals surface area contributed by atoms with Gasteiger partial charge in [0.25, 0.3) is 0 Å². The van der Waals surface area contributed by atoms with E-state index in [0.717, 1.165) is 13.0 Å². The van der Waals surface area contributed by atoms with Gasteiger partial charge in [-0.25, -0.2) is 0 Å². The molecular formula is C15H20N2O. The molecule has 1 aromatic rings. The maximum absolute atomic E-state index is 12.0. The molecule has 1 aromatic carbocycles. The molecule has 3 rings (SSSR count). The maximum atomic E-state index is 12.0. The zero-order valence-corrected chi connectivity index (χ0v) is 10.9. The van der Waals surface area contributed by atoms with E-state index in [9.17, 15) is 4.79 Å². The van der Waals surface area contributed by atoms with Crippen LogP contribution >= 0.6 is 0 Å². The van der Waals surface area contributed by atoms with Gasteiger partial charge in [-0.3, -0.25) is 4.79 Å². The number of nitrogens with one attached hydrogen (secondary N) is 2. The van der Waals surface area contributed by atoms with Crippen LogP contribution in [0.1, 0.15) is 24.0 Å². The van der Waals surface area contributed by atoms with Gasteiger partial charge < -0.3 is 10.6 Å². The summed E-state index contributed by atoms with van der Waals surface area (Å²) < 4.78 is 0. The van der Waals surface area contributed by atoms with E-state index in [4.69, 9.17) is 0 Å². The molecule has 3 heteroatoms. The Kier molecular flexibility index (Phi) is 2.86. The van der Waals surface area contributed by atoms with Crippen molar-refractivity contribution in [3.05, 3.63) is 35.4 Å². The first-order chi connectivity index (χ1) is 8.72. The number of fused-ring (bicyclic) bond motifs is 3. The number of amides is 1. The molecule has 2 aliphatic rings. The van der Waals surface area contributed by atoms with Crippen molar-refractivity contribution in [3.63, 3.8) is 0 Å². The van der Waals surface area contributed by atoms with Gasteiger partial charge in [-0.15, -0.1) is 0 Å². The molecule has 0 saturated heterocycles. The van der Waals surface area contributed by atoms with E-state index < -0.39 is 0 Å². The maximum Gasteiger partial charge on any atom is 0.224 e. The summed E-state index contributed by atoms with van der Waals surface area (Å²) in [6.07, 6.45) is 1.13. The number of rotatable bonds is 4. The lowest BCUT2D eigenvalue weighted by Gasteiger charge is -2.13. The highest BCUT2D eigenvalue weighted by molar-refractivity contribution is 5.79. The zero-order valence-electron chi connectivity index (χ0n) is 10.9. The summed E-state index contributed by atoms with van der Waals surface area (Å²) in [5.74, 6) is 1.45. The van der Waals surface area contributed by atoms with Crippen molar-refractivity contribution in [2.75, 3.05) is 13.6 Å². The second-order valence-corrected chi connectivity index (χ2v) is 5.59. The van der Waals surface area contributed by atoms with Crippen LogP contribution in [0.2, 0.25) is 0 Å². The minimum atomic E-state index is 0.0478. The molecule has 0 aromatic heterocycles. The van der Waals surface area contributed by atoms with Crippen LogP contribution in [0.3, 0.4) is 0 Å². The Hall–Kier alpha value is -1.35. The Morgan fingerprint density at radius 3 is 3.00 bits per heavy atom. The Labute approximate surface area is 108 Å². The molecule has 0 spiro atoms. The normalized spacial score (nSPS) is 29.3. The van der Waals surface area contributed by atoms with Gasteiger partial charge in [-0.05, 0) is 30.5 Å². The molecule has 0 radical (unpaired) electrons. The summed E-state index contributed by atoms with van der Waals surface area (Å²) in [6.45, 7) is 2.71. The van der Waals surface area contributed by atoms with Gasteiger partial charge >= 0.3 is 0 Å². The third-order valence-electron chi connectivity index (χ3n) is 4.31. The summed E-state index contributed by atoms with van der Waals surface area (Å²) >= 11 is 0. The lowest BCUT2D eigenvalue weighted by molar-refractivity contribution is -0.124.